The lowest BCUT2D eigenvalue weighted by atomic mass is 9.97. The lowest BCUT2D eigenvalue weighted by Crippen LogP contribution is -2.38. The van der Waals surface area contributed by atoms with Crippen LogP contribution in [0.5, 0.6) is 0 Å². The van der Waals surface area contributed by atoms with Gasteiger partial charge >= 0.3 is 5.97 Å². The van der Waals surface area contributed by atoms with Crippen molar-refractivity contribution in [1.29, 1.82) is 0 Å². The van der Waals surface area contributed by atoms with Crippen LogP contribution in [0, 0.1) is 6.92 Å². The highest BCUT2D eigenvalue weighted by Gasteiger charge is 2.35. The van der Waals surface area contributed by atoms with Gasteiger partial charge in [-0.25, -0.2) is 0 Å². The molecular weight excluding hydrogens is 226 g/mol. The van der Waals surface area contributed by atoms with Crippen LogP contribution in [0.1, 0.15) is 43.4 Å². The third kappa shape index (κ3) is 2.41. The number of likely N-dealkylation sites (tertiary alicyclic amines) is 1. The summed E-state index contributed by atoms with van der Waals surface area (Å²) in [5.41, 5.74) is 2.52. The smallest absolute Gasteiger partial charge is 0.320 e. The van der Waals surface area contributed by atoms with Crippen LogP contribution in [0.4, 0.5) is 0 Å². The van der Waals surface area contributed by atoms with Crippen LogP contribution in [-0.4, -0.2) is 28.6 Å². The Morgan fingerprint density at radius 2 is 2.22 bits per heavy atom. The minimum absolute atomic E-state index is 0.231. The maximum absolute atomic E-state index is 11.3. The van der Waals surface area contributed by atoms with E-state index in [4.69, 9.17) is 0 Å². The number of nitrogens with zero attached hydrogens (tertiary/aromatic N) is 1. The van der Waals surface area contributed by atoms with Gasteiger partial charge in [0, 0.05) is 6.04 Å². The molecule has 2 rings (SSSR count). The van der Waals surface area contributed by atoms with E-state index in [0.717, 1.165) is 25.8 Å². The first-order chi connectivity index (χ1) is 8.65. The zero-order chi connectivity index (χ0) is 13.1. The van der Waals surface area contributed by atoms with Crippen molar-refractivity contribution in [3.63, 3.8) is 0 Å². The zero-order valence-corrected chi connectivity index (χ0v) is 11.1. The lowest BCUT2D eigenvalue weighted by Gasteiger charge is -2.31. The Morgan fingerprint density at radius 3 is 2.83 bits per heavy atom. The van der Waals surface area contributed by atoms with Crippen LogP contribution in [0.2, 0.25) is 0 Å². The molecule has 98 valence electrons. The molecule has 1 aliphatic rings. The summed E-state index contributed by atoms with van der Waals surface area (Å²) in [6.45, 7) is 5.13. The summed E-state index contributed by atoms with van der Waals surface area (Å²) in [6, 6.07) is 8.22. The molecule has 18 heavy (non-hydrogen) atoms. The normalized spacial score (nSPS) is 22.0. The van der Waals surface area contributed by atoms with Crippen molar-refractivity contribution in [2.45, 2.75) is 45.2 Å². The standard InChI is InChI=1S/C15H21NO2/c1-3-13(12-8-5-4-7-11(12)2)16-10-6-9-14(16)15(17)18/h4-5,7-8,13-14H,3,6,9-10H2,1-2H3,(H,17,18). The van der Waals surface area contributed by atoms with Crippen molar-refractivity contribution in [2.75, 3.05) is 6.54 Å². The molecule has 3 nitrogen and oxygen atoms in total. The van der Waals surface area contributed by atoms with Gasteiger partial charge in [0.15, 0.2) is 0 Å². The number of aliphatic carboxylic acids is 1. The maximum Gasteiger partial charge on any atom is 0.320 e. The van der Waals surface area contributed by atoms with E-state index in [0.29, 0.717) is 0 Å². The first kappa shape index (κ1) is 13.1. The number of rotatable bonds is 4. The van der Waals surface area contributed by atoms with E-state index >= 15 is 0 Å². The summed E-state index contributed by atoms with van der Waals surface area (Å²) in [5, 5.41) is 9.30. The molecule has 0 aliphatic carbocycles. The molecule has 0 aromatic heterocycles. The third-order valence-corrected chi connectivity index (χ3v) is 3.91. The maximum atomic E-state index is 11.3. The quantitative estimate of drug-likeness (QED) is 0.889. The Bertz CT molecular complexity index is 430. The Kier molecular flexibility index (Phi) is 4.02. The van der Waals surface area contributed by atoms with E-state index < -0.39 is 5.97 Å². The van der Waals surface area contributed by atoms with Crippen molar-refractivity contribution >= 4 is 5.97 Å². The van der Waals surface area contributed by atoms with Crippen LogP contribution in [0.3, 0.4) is 0 Å². The molecule has 1 aromatic rings. The van der Waals surface area contributed by atoms with Crippen LogP contribution in [0.25, 0.3) is 0 Å². The van der Waals surface area contributed by atoms with E-state index in [1.165, 1.54) is 11.1 Å². The molecule has 2 unspecified atom stereocenters. The lowest BCUT2D eigenvalue weighted by molar-refractivity contribution is -0.143. The van der Waals surface area contributed by atoms with Gasteiger partial charge in [0.05, 0.1) is 0 Å². The fraction of sp³-hybridized carbons (Fsp3) is 0.533. The fourth-order valence-corrected chi connectivity index (χ4v) is 3.02. The van der Waals surface area contributed by atoms with Gasteiger partial charge < -0.3 is 5.11 Å². The average Bonchev–Trinajstić information content (AvgIpc) is 2.82. The average molecular weight is 247 g/mol. The van der Waals surface area contributed by atoms with Crippen LogP contribution in [0.15, 0.2) is 24.3 Å². The molecular formula is C15H21NO2. The second-order valence-corrected chi connectivity index (χ2v) is 5.01. The van der Waals surface area contributed by atoms with Gasteiger partial charge in [-0.1, -0.05) is 31.2 Å². The topological polar surface area (TPSA) is 40.5 Å². The van der Waals surface area contributed by atoms with Crippen molar-refractivity contribution in [1.82, 2.24) is 4.90 Å². The van der Waals surface area contributed by atoms with Crippen LogP contribution < -0.4 is 0 Å². The monoisotopic (exact) mass is 247 g/mol. The molecule has 1 N–H and O–H groups in total. The summed E-state index contributed by atoms with van der Waals surface area (Å²) in [7, 11) is 0. The zero-order valence-electron chi connectivity index (χ0n) is 11.1. The Labute approximate surface area is 108 Å². The molecule has 0 radical (unpaired) electrons. The van der Waals surface area contributed by atoms with Crippen molar-refractivity contribution < 1.29 is 9.90 Å². The van der Waals surface area contributed by atoms with Gasteiger partial charge in [-0.15, -0.1) is 0 Å². The molecule has 1 saturated heterocycles. The number of carbonyl (C=O) groups is 1. The van der Waals surface area contributed by atoms with Gasteiger partial charge in [0.25, 0.3) is 0 Å². The fourth-order valence-electron chi connectivity index (χ4n) is 3.02. The Balaban J connectivity index is 2.29. The molecule has 0 spiro atoms. The molecule has 1 aliphatic heterocycles. The second-order valence-electron chi connectivity index (χ2n) is 5.01. The SMILES string of the molecule is CCC(c1ccccc1C)N1CCCC1C(=O)O. The summed E-state index contributed by atoms with van der Waals surface area (Å²) in [4.78, 5) is 13.5. The van der Waals surface area contributed by atoms with E-state index in [-0.39, 0.29) is 12.1 Å². The van der Waals surface area contributed by atoms with E-state index in [9.17, 15) is 9.90 Å². The van der Waals surface area contributed by atoms with Gasteiger partial charge in [-0.3, -0.25) is 9.69 Å². The number of carboxylic acids is 1. The second kappa shape index (κ2) is 5.53. The number of hydrogen-bond acceptors (Lipinski definition) is 2. The van der Waals surface area contributed by atoms with Gasteiger partial charge in [0.1, 0.15) is 6.04 Å². The van der Waals surface area contributed by atoms with E-state index in [1.807, 2.05) is 12.1 Å². The summed E-state index contributed by atoms with van der Waals surface area (Å²) >= 11 is 0. The predicted molar refractivity (Wildman–Crippen MR) is 71.6 cm³/mol. The molecule has 0 saturated carbocycles. The van der Waals surface area contributed by atoms with E-state index in [2.05, 4.69) is 30.9 Å². The molecule has 1 aromatic carbocycles. The van der Waals surface area contributed by atoms with Gasteiger partial charge in [-0.05, 0) is 43.9 Å². The summed E-state index contributed by atoms with van der Waals surface area (Å²) in [5.74, 6) is -0.681. The minimum Gasteiger partial charge on any atom is -0.480 e. The highest BCUT2D eigenvalue weighted by molar-refractivity contribution is 5.73. The molecule has 0 amide bonds. The van der Waals surface area contributed by atoms with Crippen molar-refractivity contribution in [2.24, 2.45) is 0 Å². The van der Waals surface area contributed by atoms with Crippen molar-refractivity contribution in [3.8, 4) is 0 Å². The largest absolute Gasteiger partial charge is 0.480 e. The predicted octanol–water partition coefficient (Wildman–Crippen LogP) is 3.00. The third-order valence-electron chi connectivity index (χ3n) is 3.91. The first-order valence-corrected chi connectivity index (χ1v) is 6.69. The molecule has 1 fully saturated rings. The minimum atomic E-state index is -0.681. The Hall–Kier alpha value is -1.35. The van der Waals surface area contributed by atoms with Gasteiger partial charge in [0.2, 0.25) is 0 Å². The number of carboxylic acid groups (broad SMARTS) is 1. The first-order valence-electron chi connectivity index (χ1n) is 6.69. The summed E-state index contributed by atoms with van der Waals surface area (Å²) in [6.07, 6.45) is 2.71. The molecule has 1 heterocycles. The highest BCUT2D eigenvalue weighted by Crippen LogP contribution is 2.33. The van der Waals surface area contributed by atoms with Crippen LogP contribution in [-0.2, 0) is 4.79 Å². The van der Waals surface area contributed by atoms with E-state index in [1.54, 1.807) is 0 Å². The molecule has 2 atom stereocenters. The highest BCUT2D eigenvalue weighted by atomic mass is 16.4. The molecule has 0 bridgehead atoms. The van der Waals surface area contributed by atoms with Crippen LogP contribution >= 0.6 is 0 Å². The van der Waals surface area contributed by atoms with Gasteiger partial charge in [-0.2, -0.15) is 0 Å². The number of hydrogen-bond donors (Lipinski definition) is 1. The number of benzene rings is 1. The number of aryl methyl sites for hydroxylation is 1. The van der Waals surface area contributed by atoms with Crippen molar-refractivity contribution in [3.05, 3.63) is 35.4 Å². The summed E-state index contributed by atoms with van der Waals surface area (Å²) < 4.78 is 0. The molecule has 3 heteroatoms. The Morgan fingerprint density at radius 1 is 1.50 bits per heavy atom.